The molecule has 2 aliphatic rings. The van der Waals surface area contributed by atoms with E-state index in [9.17, 15) is 4.79 Å². The molecule has 2 fully saturated rings. The van der Waals surface area contributed by atoms with Crippen molar-refractivity contribution in [3.63, 3.8) is 0 Å². The minimum absolute atomic E-state index is 0.182. The van der Waals surface area contributed by atoms with Crippen molar-refractivity contribution in [1.29, 1.82) is 0 Å². The van der Waals surface area contributed by atoms with Crippen LogP contribution in [0.15, 0.2) is 24.3 Å². The van der Waals surface area contributed by atoms with E-state index < -0.39 is 0 Å². The quantitative estimate of drug-likeness (QED) is 0.788. The highest BCUT2D eigenvalue weighted by molar-refractivity contribution is 5.94. The Bertz CT molecular complexity index is 556. The number of nitrogens with one attached hydrogen (secondary N) is 1. The fraction of sp³-hybridized carbons (Fsp3) is 0.650. The van der Waals surface area contributed by atoms with Crippen LogP contribution in [0.4, 0.5) is 5.69 Å². The molecule has 4 nitrogen and oxygen atoms in total. The van der Waals surface area contributed by atoms with Crippen LogP contribution in [0, 0.1) is 17.8 Å². The number of anilines is 1. The first-order valence-corrected chi connectivity index (χ1v) is 9.46. The minimum Gasteiger partial charge on any atom is -0.490 e. The van der Waals surface area contributed by atoms with Gasteiger partial charge in [-0.3, -0.25) is 4.79 Å². The molecule has 24 heavy (non-hydrogen) atoms. The molecule has 0 aliphatic heterocycles. The zero-order chi connectivity index (χ0) is 16.9. The van der Waals surface area contributed by atoms with Crippen LogP contribution in [0.3, 0.4) is 0 Å². The average Bonchev–Trinajstić information content (AvgIpc) is 3.23. The molecule has 4 heteroatoms. The van der Waals surface area contributed by atoms with Crippen molar-refractivity contribution in [3.05, 3.63) is 24.3 Å². The lowest BCUT2D eigenvalue weighted by molar-refractivity contribution is -0.121. The largest absolute Gasteiger partial charge is 0.490 e. The van der Waals surface area contributed by atoms with Gasteiger partial charge in [0, 0.05) is 12.5 Å². The van der Waals surface area contributed by atoms with Crippen LogP contribution in [-0.2, 0) is 4.79 Å². The van der Waals surface area contributed by atoms with Crippen molar-refractivity contribution >= 4 is 11.6 Å². The first kappa shape index (κ1) is 17.3. The van der Waals surface area contributed by atoms with Crippen LogP contribution >= 0.6 is 0 Å². The number of hydrogen-bond acceptors (Lipinski definition) is 3. The lowest BCUT2D eigenvalue weighted by Gasteiger charge is -2.22. The summed E-state index contributed by atoms with van der Waals surface area (Å²) in [4.78, 5) is 15.0. The van der Waals surface area contributed by atoms with E-state index in [1.165, 1.54) is 19.3 Å². The molecular weight excluding hydrogens is 300 g/mol. The van der Waals surface area contributed by atoms with E-state index in [1.54, 1.807) is 0 Å². The molecule has 0 radical (unpaired) electrons. The lowest BCUT2D eigenvalue weighted by atomic mass is 9.88. The van der Waals surface area contributed by atoms with Crippen LogP contribution in [0.2, 0.25) is 0 Å². The summed E-state index contributed by atoms with van der Waals surface area (Å²) in [6.07, 6.45) is 4.87. The number of benzene rings is 1. The SMILES string of the molecule is CCN(CC)CCOc1ccccc1NC(=O)C1CC2CCC1C2. The Kier molecular flexibility index (Phi) is 5.77. The van der Waals surface area contributed by atoms with E-state index in [4.69, 9.17) is 4.74 Å². The predicted octanol–water partition coefficient (Wildman–Crippen LogP) is 3.78. The summed E-state index contributed by atoms with van der Waals surface area (Å²) >= 11 is 0. The van der Waals surface area contributed by atoms with Gasteiger partial charge < -0.3 is 15.0 Å². The summed E-state index contributed by atoms with van der Waals surface area (Å²) in [6.45, 7) is 7.93. The van der Waals surface area contributed by atoms with Crippen LogP contribution in [0.1, 0.15) is 39.5 Å². The van der Waals surface area contributed by atoms with Gasteiger partial charge >= 0.3 is 0 Å². The van der Waals surface area contributed by atoms with Crippen LogP contribution < -0.4 is 10.1 Å². The third kappa shape index (κ3) is 3.92. The highest BCUT2D eigenvalue weighted by Crippen LogP contribution is 2.48. The summed E-state index contributed by atoms with van der Waals surface area (Å²) in [5, 5.41) is 3.13. The molecule has 2 aliphatic carbocycles. The predicted molar refractivity (Wildman–Crippen MR) is 97.3 cm³/mol. The lowest BCUT2D eigenvalue weighted by Crippen LogP contribution is -2.29. The van der Waals surface area contributed by atoms with Crippen molar-refractivity contribution in [3.8, 4) is 5.75 Å². The molecule has 0 spiro atoms. The molecule has 132 valence electrons. The van der Waals surface area contributed by atoms with Gasteiger partial charge in [0.15, 0.2) is 0 Å². The maximum Gasteiger partial charge on any atom is 0.227 e. The van der Waals surface area contributed by atoms with Crippen LogP contribution in [-0.4, -0.2) is 37.0 Å². The Morgan fingerprint density at radius 3 is 2.67 bits per heavy atom. The number of carbonyl (C=O) groups is 1. The zero-order valence-corrected chi connectivity index (χ0v) is 15.0. The number of rotatable bonds is 8. The summed E-state index contributed by atoms with van der Waals surface area (Å²) in [6, 6.07) is 7.80. The summed E-state index contributed by atoms with van der Waals surface area (Å²) in [5.41, 5.74) is 0.810. The number of para-hydroxylation sites is 2. The van der Waals surface area contributed by atoms with Gasteiger partial charge in [0.25, 0.3) is 0 Å². The molecule has 1 N–H and O–H groups in total. The fourth-order valence-corrected chi connectivity index (χ4v) is 4.31. The normalized spacial score (nSPS) is 25.2. The number of hydrogen-bond donors (Lipinski definition) is 1. The van der Waals surface area contributed by atoms with E-state index in [2.05, 4.69) is 24.1 Å². The number of fused-ring (bicyclic) bond motifs is 2. The topological polar surface area (TPSA) is 41.6 Å². The number of nitrogens with zero attached hydrogens (tertiary/aromatic N) is 1. The van der Waals surface area contributed by atoms with E-state index in [0.29, 0.717) is 12.5 Å². The fourth-order valence-electron chi connectivity index (χ4n) is 4.31. The third-order valence-corrected chi connectivity index (χ3v) is 5.78. The van der Waals surface area contributed by atoms with Crippen molar-refractivity contribution in [1.82, 2.24) is 4.90 Å². The van der Waals surface area contributed by atoms with Gasteiger partial charge in [-0.2, -0.15) is 0 Å². The average molecular weight is 330 g/mol. The summed E-state index contributed by atoms with van der Waals surface area (Å²) < 4.78 is 5.94. The Morgan fingerprint density at radius 1 is 1.21 bits per heavy atom. The minimum atomic E-state index is 0.182. The van der Waals surface area contributed by atoms with Crippen LogP contribution in [0.25, 0.3) is 0 Å². The molecule has 0 aromatic heterocycles. The molecule has 3 atom stereocenters. The van der Waals surface area contributed by atoms with E-state index in [1.807, 2.05) is 24.3 Å². The van der Waals surface area contributed by atoms with Gasteiger partial charge in [-0.1, -0.05) is 32.4 Å². The van der Waals surface area contributed by atoms with Crippen molar-refractivity contribution in [2.75, 3.05) is 31.6 Å². The Labute approximate surface area is 145 Å². The number of likely N-dealkylation sites (N-methyl/N-ethyl adjacent to an activating group) is 1. The molecule has 2 saturated carbocycles. The molecule has 1 amide bonds. The highest BCUT2D eigenvalue weighted by atomic mass is 16.5. The Hall–Kier alpha value is -1.55. The van der Waals surface area contributed by atoms with E-state index in [-0.39, 0.29) is 11.8 Å². The van der Waals surface area contributed by atoms with Crippen molar-refractivity contribution < 1.29 is 9.53 Å². The zero-order valence-electron chi connectivity index (χ0n) is 15.0. The molecule has 3 unspecified atom stereocenters. The van der Waals surface area contributed by atoms with Crippen LogP contribution in [0.5, 0.6) is 5.75 Å². The first-order valence-electron chi connectivity index (χ1n) is 9.46. The first-order chi connectivity index (χ1) is 11.7. The van der Waals surface area contributed by atoms with Gasteiger partial charge in [-0.25, -0.2) is 0 Å². The van der Waals surface area contributed by atoms with E-state index >= 15 is 0 Å². The summed E-state index contributed by atoms with van der Waals surface area (Å²) in [7, 11) is 0. The monoisotopic (exact) mass is 330 g/mol. The Morgan fingerprint density at radius 2 is 2.00 bits per heavy atom. The molecule has 1 aromatic carbocycles. The second-order valence-electron chi connectivity index (χ2n) is 7.14. The highest BCUT2D eigenvalue weighted by Gasteiger charge is 2.43. The second-order valence-corrected chi connectivity index (χ2v) is 7.14. The standard InChI is InChI=1S/C20H30N2O2/c1-3-22(4-2)11-12-24-19-8-6-5-7-18(19)21-20(23)17-14-15-9-10-16(17)13-15/h5-8,15-17H,3-4,9-14H2,1-2H3,(H,21,23). The molecular formula is C20H30N2O2. The number of ether oxygens (including phenoxy) is 1. The maximum absolute atomic E-state index is 12.7. The smallest absolute Gasteiger partial charge is 0.227 e. The maximum atomic E-state index is 12.7. The van der Waals surface area contributed by atoms with Gasteiger partial charge in [0.05, 0.1) is 5.69 Å². The van der Waals surface area contributed by atoms with Crippen molar-refractivity contribution in [2.24, 2.45) is 17.8 Å². The second kappa shape index (κ2) is 8.02. The number of carbonyl (C=O) groups excluding carboxylic acids is 1. The molecule has 0 saturated heterocycles. The number of amides is 1. The van der Waals surface area contributed by atoms with Gasteiger partial charge in [0.1, 0.15) is 12.4 Å². The van der Waals surface area contributed by atoms with Crippen molar-refractivity contribution in [2.45, 2.75) is 39.5 Å². The third-order valence-electron chi connectivity index (χ3n) is 5.78. The molecule has 2 bridgehead atoms. The molecule has 3 rings (SSSR count). The molecule has 0 heterocycles. The van der Waals surface area contributed by atoms with Gasteiger partial charge in [-0.05, 0) is 56.3 Å². The Balaban J connectivity index is 1.56. The summed E-state index contributed by atoms with van der Waals surface area (Å²) in [5.74, 6) is 2.55. The van der Waals surface area contributed by atoms with E-state index in [0.717, 1.165) is 43.4 Å². The van der Waals surface area contributed by atoms with Gasteiger partial charge in [-0.15, -0.1) is 0 Å². The van der Waals surface area contributed by atoms with Gasteiger partial charge in [0.2, 0.25) is 5.91 Å². The molecule has 1 aromatic rings.